The van der Waals surface area contributed by atoms with Gasteiger partial charge in [-0.2, -0.15) is 15.2 Å². The average Bonchev–Trinajstić information content (AvgIpc) is 3.18. The Kier molecular flexibility index (Phi) is 7.90. The molecule has 1 aliphatic rings. The Hall–Kier alpha value is -4.46. The van der Waals surface area contributed by atoms with Gasteiger partial charge in [0.25, 0.3) is 0 Å². The number of aromatic hydroxyl groups is 1. The average molecular weight is 513 g/mol. The number of amides is 1. The van der Waals surface area contributed by atoms with E-state index in [4.69, 9.17) is 0 Å². The number of phenolic OH excluding ortho intramolecular Hbond substituents is 1. The van der Waals surface area contributed by atoms with E-state index < -0.39 is 11.9 Å². The van der Waals surface area contributed by atoms with E-state index in [-0.39, 0.29) is 17.4 Å². The number of para-hydroxylation sites is 1. The normalized spacial score (nSPS) is 15.1. The van der Waals surface area contributed by atoms with E-state index in [1.165, 1.54) is 5.01 Å². The number of rotatable bonds is 9. The lowest BCUT2D eigenvalue weighted by Crippen LogP contribution is -2.28. The van der Waals surface area contributed by atoms with Crippen molar-refractivity contribution in [3.05, 3.63) is 77.4 Å². The van der Waals surface area contributed by atoms with Crippen molar-refractivity contribution in [1.29, 1.82) is 0 Å². The van der Waals surface area contributed by atoms with Crippen LogP contribution < -0.4 is 10.4 Å². The van der Waals surface area contributed by atoms with Crippen LogP contribution in [0.3, 0.4) is 0 Å². The van der Waals surface area contributed by atoms with Gasteiger partial charge in [-0.15, -0.1) is 0 Å². The molecule has 38 heavy (non-hydrogen) atoms. The van der Waals surface area contributed by atoms with E-state index in [0.717, 1.165) is 35.1 Å². The molecular formula is C30H32N4O4. The standard InChI is InChI=1S/C30H32N4O4/c1-5-6-8-25(30(37)38)22-14-12-21(13-15-22)24-9-7-10-26(28(24)35)31-32-27-20(4)33-34(29(27)36)23-16-11-18(2)19(3)17-23/h7,9-17,25,31,35H,5-6,8H2,1-4H3,(H,37,38)/b32-27-. The summed E-state index contributed by atoms with van der Waals surface area (Å²) in [6.07, 6.45) is 2.35. The third-order valence-electron chi connectivity index (χ3n) is 6.82. The first-order valence-corrected chi connectivity index (χ1v) is 12.7. The molecule has 1 heterocycles. The molecule has 0 spiro atoms. The third-order valence-corrected chi connectivity index (χ3v) is 6.82. The highest BCUT2D eigenvalue weighted by atomic mass is 16.4. The molecule has 1 amide bonds. The van der Waals surface area contributed by atoms with Crippen LogP contribution in [0.5, 0.6) is 5.75 Å². The number of nitrogens with zero attached hydrogens (tertiary/aromatic N) is 3. The van der Waals surface area contributed by atoms with Crippen molar-refractivity contribution in [1.82, 2.24) is 0 Å². The smallest absolute Gasteiger partial charge is 0.310 e. The van der Waals surface area contributed by atoms with E-state index in [1.807, 2.05) is 39.0 Å². The predicted octanol–water partition coefficient (Wildman–Crippen LogP) is 6.23. The number of unbranched alkanes of at least 4 members (excludes halogenated alkanes) is 1. The van der Waals surface area contributed by atoms with E-state index >= 15 is 0 Å². The second kappa shape index (κ2) is 11.3. The fourth-order valence-corrected chi connectivity index (χ4v) is 4.38. The number of carbonyl (C=O) groups is 2. The molecule has 0 fully saturated rings. The number of hydrazone groups is 2. The first kappa shape index (κ1) is 26.6. The lowest BCUT2D eigenvalue weighted by Gasteiger charge is -2.14. The van der Waals surface area contributed by atoms with Crippen molar-refractivity contribution in [2.24, 2.45) is 10.2 Å². The van der Waals surface area contributed by atoms with Crippen molar-refractivity contribution in [3.8, 4) is 16.9 Å². The molecule has 0 saturated heterocycles. The molecule has 0 bridgehead atoms. The Morgan fingerprint density at radius 2 is 1.79 bits per heavy atom. The van der Waals surface area contributed by atoms with Gasteiger partial charge >= 0.3 is 11.9 Å². The third kappa shape index (κ3) is 5.44. The molecule has 0 radical (unpaired) electrons. The van der Waals surface area contributed by atoms with Gasteiger partial charge in [-0.25, -0.2) is 0 Å². The van der Waals surface area contributed by atoms with E-state index in [2.05, 4.69) is 15.6 Å². The number of carboxylic acids is 1. The van der Waals surface area contributed by atoms with Crippen LogP contribution in [0.1, 0.15) is 55.7 Å². The van der Waals surface area contributed by atoms with Crippen LogP contribution in [-0.2, 0) is 9.59 Å². The molecule has 8 nitrogen and oxygen atoms in total. The Morgan fingerprint density at radius 1 is 1.05 bits per heavy atom. The van der Waals surface area contributed by atoms with E-state index in [9.17, 15) is 19.8 Å². The highest BCUT2D eigenvalue weighted by Gasteiger charge is 2.31. The largest absolute Gasteiger partial charge is 0.505 e. The van der Waals surface area contributed by atoms with Crippen LogP contribution in [0.15, 0.2) is 70.9 Å². The van der Waals surface area contributed by atoms with Crippen molar-refractivity contribution < 1.29 is 19.8 Å². The summed E-state index contributed by atoms with van der Waals surface area (Å²) in [7, 11) is 0. The summed E-state index contributed by atoms with van der Waals surface area (Å²) in [6, 6.07) is 18.1. The van der Waals surface area contributed by atoms with Gasteiger partial charge in [0.2, 0.25) is 0 Å². The maximum Gasteiger partial charge on any atom is 0.310 e. The molecule has 3 aromatic rings. The molecule has 1 atom stereocenters. The number of benzene rings is 3. The topological polar surface area (TPSA) is 115 Å². The number of aliphatic carboxylic acids is 1. The molecule has 4 rings (SSSR count). The van der Waals surface area contributed by atoms with Crippen molar-refractivity contribution in [2.45, 2.75) is 52.9 Å². The summed E-state index contributed by atoms with van der Waals surface area (Å²) in [4.78, 5) is 24.8. The Labute approximate surface area is 222 Å². The lowest BCUT2D eigenvalue weighted by molar-refractivity contribution is -0.139. The van der Waals surface area contributed by atoms with Crippen LogP contribution in [0, 0.1) is 13.8 Å². The number of carbonyl (C=O) groups excluding carboxylic acids is 1. The van der Waals surface area contributed by atoms with Crippen molar-refractivity contribution in [3.63, 3.8) is 0 Å². The van der Waals surface area contributed by atoms with Crippen molar-refractivity contribution in [2.75, 3.05) is 10.4 Å². The molecule has 8 heteroatoms. The van der Waals surface area contributed by atoms with Crippen LogP contribution in [0.4, 0.5) is 11.4 Å². The SMILES string of the molecule is CCCCC(C(=O)O)c1ccc(-c2cccc(N/N=C3\C(=O)N(c4ccc(C)c(C)c4)N=C3C)c2O)cc1. The Morgan fingerprint density at radius 3 is 2.45 bits per heavy atom. The lowest BCUT2D eigenvalue weighted by atomic mass is 9.92. The fraction of sp³-hybridized carbons (Fsp3) is 0.267. The number of anilines is 2. The molecule has 1 aliphatic heterocycles. The second-order valence-electron chi connectivity index (χ2n) is 9.50. The van der Waals surface area contributed by atoms with Crippen LogP contribution >= 0.6 is 0 Å². The minimum atomic E-state index is -0.837. The van der Waals surface area contributed by atoms with Gasteiger partial charge in [0, 0.05) is 5.56 Å². The van der Waals surface area contributed by atoms with E-state index in [1.54, 1.807) is 49.4 Å². The molecule has 3 N–H and O–H groups in total. The fourth-order valence-electron chi connectivity index (χ4n) is 4.38. The molecule has 3 aromatic carbocycles. The summed E-state index contributed by atoms with van der Waals surface area (Å²) in [5.41, 5.74) is 8.63. The summed E-state index contributed by atoms with van der Waals surface area (Å²) >= 11 is 0. The Bertz CT molecular complexity index is 1430. The van der Waals surface area contributed by atoms with Crippen LogP contribution in [0.25, 0.3) is 11.1 Å². The molecule has 1 unspecified atom stereocenters. The van der Waals surface area contributed by atoms with Gasteiger partial charge in [0.1, 0.15) is 5.75 Å². The first-order valence-electron chi connectivity index (χ1n) is 12.7. The van der Waals surface area contributed by atoms with Gasteiger partial charge in [-0.05, 0) is 67.6 Å². The predicted molar refractivity (Wildman–Crippen MR) is 151 cm³/mol. The quantitative estimate of drug-likeness (QED) is 0.232. The molecule has 196 valence electrons. The highest BCUT2D eigenvalue weighted by Crippen LogP contribution is 2.36. The highest BCUT2D eigenvalue weighted by molar-refractivity contribution is 6.71. The maximum absolute atomic E-state index is 13.0. The van der Waals surface area contributed by atoms with Crippen LogP contribution in [-0.4, -0.2) is 33.5 Å². The number of hydrogen-bond donors (Lipinski definition) is 3. The van der Waals surface area contributed by atoms with Gasteiger partial charge in [-0.1, -0.05) is 62.2 Å². The van der Waals surface area contributed by atoms with Gasteiger partial charge in [0.05, 0.1) is 23.0 Å². The van der Waals surface area contributed by atoms with Crippen molar-refractivity contribution >= 4 is 34.7 Å². The monoisotopic (exact) mass is 512 g/mol. The van der Waals surface area contributed by atoms with Gasteiger partial charge in [0.15, 0.2) is 5.71 Å². The summed E-state index contributed by atoms with van der Waals surface area (Å²) < 4.78 is 0. The number of aryl methyl sites for hydroxylation is 2. The first-order chi connectivity index (χ1) is 18.2. The second-order valence-corrected chi connectivity index (χ2v) is 9.50. The minimum absolute atomic E-state index is 0.0311. The number of carboxylic acid groups (broad SMARTS) is 1. The zero-order chi connectivity index (χ0) is 27.4. The minimum Gasteiger partial charge on any atom is -0.505 e. The summed E-state index contributed by atoms with van der Waals surface area (Å²) in [6.45, 7) is 7.73. The van der Waals surface area contributed by atoms with E-state index in [0.29, 0.717) is 29.1 Å². The van der Waals surface area contributed by atoms with Gasteiger partial charge in [-0.3, -0.25) is 15.0 Å². The zero-order valence-corrected chi connectivity index (χ0v) is 22.0. The maximum atomic E-state index is 13.0. The summed E-state index contributed by atoms with van der Waals surface area (Å²) in [5.74, 6) is -1.79. The number of nitrogens with one attached hydrogen (secondary N) is 1. The molecule has 0 aromatic heterocycles. The van der Waals surface area contributed by atoms with Crippen LogP contribution in [0.2, 0.25) is 0 Å². The zero-order valence-electron chi connectivity index (χ0n) is 22.0. The molecular weight excluding hydrogens is 480 g/mol. The Balaban J connectivity index is 1.54. The molecule has 0 saturated carbocycles. The number of phenols is 1. The molecule has 0 aliphatic carbocycles. The van der Waals surface area contributed by atoms with Gasteiger partial charge < -0.3 is 10.2 Å². The summed E-state index contributed by atoms with van der Waals surface area (Å²) in [5, 5.41) is 30.5. The number of hydrogen-bond acceptors (Lipinski definition) is 6.